The first-order valence-corrected chi connectivity index (χ1v) is 7.88. The summed E-state index contributed by atoms with van der Waals surface area (Å²) in [5, 5.41) is 5.50. The summed E-state index contributed by atoms with van der Waals surface area (Å²) in [6.45, 7) is 0. The summed E-state index contributed by atoms with van der Waals surface area (Å²) in [5.41, 5.74) is 5.20. The van der Waals surface area contributed by atoms with E-state index in [0.717, 1.165) is 26.8 Å². The Balaban J connectivity index is 1.50. The van der Waals surface area contributed by atoms with Gasteiger partial charge in [0.2, 0.25) is 0 Å². The summed E-state index contributed by atoms with van der Waals surface area (Å²) in [7, 11) is 0. The summed E-state index contributed by atoms with van der Waals surface area (Å²) in [4.78, 5) is 19.6. The zero-order valence-corrected chi connectivity index (χ0v) is 12.8. The normalized spacial score (nSPS) is 11.5. The van der Waals surface area contributed by atoms with Crippen molar-refractivity contribution in [3.05, 3.63) is 65.3 Å². The third-order valence-corrected chi connectivity index (χ3v) is 4.44. The van der Waals surface area contributed by atoms with Crippen molar-refractivity contribution in [3.63, 3.8) is 0 Å². The van der Waals surface area contributed by atoms with Crippen LogP contribution in [0.1, 0.15) is 15.5 Å². The number of aromatic amines is 1. The number of thiazole rings is 1. The minimum absolute atomic E-state index is 0.307. The standard InChI is InChI=1S/C17H12N4OS/c22-16(17-20-14-7-3-4-8-15(14)23-17)21-18-10-12-9-11-5-1-2-6-13(11)19-12/h1-10,19H,(H,21,22). The summed E-state index contributed by atoms with van der Waals surface area (Å²) >= 11 is 1.35. The van der Waals surface area contributed by atoms with Crippen molar-refractivity contribution in [3.8, 4) is 0 Å². The van der Waals surface area contributed by atoms with Crippen LogP contribution in [0.3, 0.4) is 0 Å². The number of para-hydroxylation sites is 2. The number of nitrogens with zero attached hydrogens (tertiary/aromatic N) is 2. The molecule has 0 fully saturated rings. The molecule has 0 atom stereocenters. The number of H-pyrrole nitrogens is 1. The van der Waals surface area contributed by atoms with Crippen molar-refractivity contribution in [2.75, 3.05) is 0 Å². The Bertz CT molecular complexity index is 965. The summed E-state index contributed by atoms with van der Waals surface area (Å²) in [5.74, 6) is -0.307. The largest absolute Gasteiger partial charge is 0.354 e. The number of fused-ring (bicyclic) bond motifs is 2. The molecule has 2 N–H and O–H groups in total. The van der Waals surface area contributed by atoms with Gasteiger partial charge in [0.25, 0.3) is 5.91 Å². The molecule has 0 radical (unpaired) electrons. The molecule has 0 unspecified atom stereocenters. The van der Waals surface area contributed by atoms with E-state index in [2.05, 4.69) is 20.5 Å². The molecule has 6 heteroatoms. The van der Waals surface area contributed by atoms with E-state index in [0.29, 0.717) is 5.01 Å². The molecule has 0 bridgehead atoms. The van der Waals surface area contributed by atoms with Crippen LogP contribution in [0.25, 0.3) is 21.1 Å². The van der Waals surface area contributed by atoms with E-state index in [-0.39, 0.29) is 5.91 Å². The SMILES string of the molecule is O=C(NN=Cc1cc2ccccc2[nH]1)c1nc2ccccc2s1. The molecule has 0 aliphatic carbocycles. The van der Waals surface area contributed by atoms with E-state index in [1.54, 1.807) is 6.21 Å². The van der Waals surface area contributed by atoms with Gasteiger partial charge in [0.05, 0.1) is 22.1 Å². The fourth-order valence-electron chi connectivity index (χ4n) is 2.34. The Morgan fingerprint density at radius 3 is 2.87 bits per heavy atom. The van der Waals surface area contributed by atoms with Crippen LogP contribution in [0.4, 0.5) is 0 Å². The summed E-state index contributed by atoms with van der Waals surface area (Å²) < 4.78 is 0.984. The molecule has 2 aromatic heterocycles. The number of aromatic nitrogens is 2. The van der Waals surface area contributed by atoms with Gasteiger partial charge in [0, 0.05) is 10.9 Å². The van der Waals surface area contributed by atoms with E-state index in [1.807, 2.05) is 54.6 Å². The summed E-state index contributed by atoms with van der Waals surface area (Å²) in [6, 6.07) is 17.6. The number of hydrogen-bond donors (Lipinski definition) is 2. The highest BCUT2D eigenvalue weighted by atomic mass is 32.1. The Labute approximate surface area is 135 Å². The molecule has 4 rings (SSSR count). The zero-order chi connectivity index (χ0) is 15.6. The first kappa shape index (κ1) is 13.7. The predicted octanol–water partition coefficient (Wildman–Crippen LogP) is 3.54. The zero-order valence-electron chi connectivity index (χ0n) is 12.0. The van der Waals surface area contributed by atoms with Gasteiger partial charge in [-0.05, 0) is 24.3 Å². The van der Waals surface area contributed by atoms with Crippen LogP contribution in [-0.4, -0.2) is 22.1 Å². The van der Waals surface area contributed by atoms with E-state index >= 15 is 0 Å². The van der Waals surface area contributed by atoms with Gasteiger partial charge in [0.15, 0.2) is 5.01 Å². The van der Waals surface area contributed by atoms with Gasteiger partial charge in [-0.15, -0.1) is 11.3 Å². The lowest BCUT2D eigenvalue weighted by Crippen LogP contribution is -2.17. The van der Waals surface area contributed by atoms with Gasteiger partial charge in [-0.1, -0.05) is 30.3 Å². The molecule has 2 aromatic carbocycles. The molecule has 1 amide bonds. The first-order chi connectivity index (χ1) is 11.3. The number of hydrazone groups is 1. The molecule has 23 heavy (non-hydrogen) atoms. The molecular weight excluding hydrogens is 308 g/mol. The maximum atomic E-state index is 12.1. The highest BCUT2D eigenvalue weighted by Crippen LogP contribution is 2.21. The fourth-order valence-corrected chi connectivity index (χ4v) is 3.20. The lowest BCUT2D eigenvalue weighted by Gasteiger charge is -1.93. The minimum atomic E-state index is -0.307. The van der Waals surface area contributed by atoms with Crippen LogP contribution in [0.2, 0.25) is 0 Å². The number of carbonyl (C=O) groups is 1. The smallest absolute Gasteiger partial charge is 0.300 e. The Morgan fingerprint density at radius 1 is 1.17 bits per heavy atom. The van der Waals surface area contributed by atoms with Crippen molar-refractivity contribution < 1.29 is 4.79 Å². The van der Waals surface area contributed by atoms with E-state index < -0.39 is 0 Å². The quantitative estimate of drug-likeness (QED) is 0.448. The van der Waals surface area contributed by atoms with Crippen molar-refractivity contribution >= 4 is 44.6 Å². The number of nitrogens with one attached hydrogen (secondary N) is 2. The van der Waals surface area contributed by atoms with Crippen molar-refractivity contribution in [1.29, 1.82) is 0 Å². The van der Waals surface area contributed by atoms with Gasteiger partial charge in [-0.2, -0.15) is 5.10 Å². The van der Waals surface area contributed by atoms with Crippen molar-refractivity contribution in [2.45, 2.75) is 0 Å². The van der Waals surface area contributed by atoms with Crippen LogP contribution in [0, 0.1) is 0 Å². The van der Waals surface area contributed by atoms with Crippen molar-refractivity contribution in [1.82, 2.24) is 15.4 Å². The van der Waals surface area contributed by atoms with Crippen LogP contribution in [-0.2, 0) is 0 Å². The second kappa shape index (κ2) is 5.66. The van der Waals surface area contributed by atoms with E-state index in [1.165, 1.54) is 11.3 Å². The maximum Gasteiger partial charge on any atom is 0.300 e. The molecule has 0 aliphatic rings. The molecule has 0 saturated carbocycles. The molecule has 2 heterocycles. The maximum absolute atomic E-state index is 12.1. The van der Waals surface area contributed by atoms with E-state index in [4.69, 9.17) is 0 Å². The lowest BCUT2D eigenvalue weighted by atomic mass is 10.2. The molecule has 0 saturated heterocycles. The molecule has 4 aromatic rings. The third-order valence-electron chi connectivity index (χ3n) is 3.41. The highest BCUT2D eigenvalue weighted by molar-refractivity contribution is 7.20. The molecular formula is C17H12N4OS. The highest BCUT2D eigenvalue weighted by Gasteiger charge is 2.10. The first-order valence-electron chi connectivity index (χ1n) is 7.06. The minimum Gasteiger partial charge on any atom is -0.354 e. The second-order valence-electron chi connectivity index (χ2n) is 5.00. The van der Waals surface area contributed by atoms with Crippen LogP contribution >= 0.6 is 11.3 Å². The Kier molecular flexibility index (Phi) is 3.36. The second-order valence-corrected chi connectivity index (χ2v) is 6.03. The topological polar surface area (TPSA) is 70.1 Å². The van der Waals surface area contributed by atoms with Crippen LogP contribution < -0.4 is 5.43 Å². The monoisotopic (exact) mass is 320 g/mol. The molecule has 5 nitrogen and oxygen atoms in total. The van der Waals surface area contributed by atoms with Gasteiger partial charge in [0.1, 0.15) is 0 Å². The Morgan fingerprint density at radius 2 is 2.00 bits per heavy atom. The van der Waals surface area contributed by atoms with Gasteiger partial charge in [-0.3, -0.25) is 4.79 Å². The predicted molar refractivity (Wildman–Crippen MR) is 93.0 cm³/mol. The van der Waals surface area contributed by atoms with Crippen molar-refractivity contribution in [2.24, 2.45) is 5.10 Å². The number of hydrogen-bond acceptors (Lipinski definition) is 4. The van der Waals surface area contributed by atoms with E-state index in [9.17, 15) is 4.79 Å². The van der Waals surface area contributed by atoms with Crippen LogP contribution in [0.5, 0.6) is 0 Å². The number of benzene rings is 2. The summed E-state index contributed by atoms with van der Waals surface area (Å²) in [6.07, 6.45) is 1.59. The van der Waals surface area contributed by atoms with Crippen LogP contribution in [0.15, 0.2) is 59.7 Å². The number of carbonyl (C=O) groups excluding carboxylic acids is 1. The molecule has 0 aliphatic heterocycles. The fraction of sp³-hybridized carbons (Fsp3) is 0. The molecule has 0 spiro atoms. The van der Waals surface area contributed by atoms with Gasteiger partial charge < -0.3 is 4.98 Å². The number of amides is 1. The molecule has 112 valence electrons. The number of rotatable bonds is 3. The Hall–Kier alpha value is -2.99. The third kappa shape index (κ3) is 2.72. The lowest BCUT2D eigenvalue weighted by molar-refractivity contribution is 0.0955. The average Bonchev–Trinajstić information content (AvgIpc) is 3.18. The van der Waals surface area contributed by atoms with Gasteiger partial charge in [-0.25, -0.2) is 10.4 Å². The van der Waals surface area contributed by atoms with Gasteiger partial charge >= 0.3 is 0 Å². The average molecular weight is 320 g/mol.